The summed E-state index contributed by atoms with van der Waals surface area (Å²) < 4.78 is 5.61. The third kappa shape index (κ3) is 2.96. The smallest absolute Gasteiger partial charge is 0.254 e. The molecule has 0 radical (unpaired) electrons. The number of nitrogens with zero attached hydrogens (tertiary/aromatic N) is 2. The van der Waals surface area contributed by atoms with E-state index in [1.807, 2.05) is 18.2 Å². The maximum Gasteiger partial charge on any atom is 0.254 e. The van der Waals surface area contributed by atoms with Crippen molar-refractivity contribution >= 4 is 29.1 Å². The van der Waals surface area contributed by atoms with Gasteiger partial charge in [0.05, 0.1) is 19.3 Å². The Labute approximate surface area is 180 Å². The number of nitrogens with one attached hydrogen (secondary N) is 1. The van der Waals surface area contributed by atoms with Gasteiger partial charge < -0.3 is 20.1 Å². The number of fused-ring (bicyclic) bond motifs is 1. The van der Waals surface area contributed by atoms with Gasteiger partial charge in [-0.2, -0.15) is 0 Å². The first-order chi connectivity index (χ1) is 14.3. The van der Waals surface area contributed by atoms with E-state index in [0.717, 1.165) is 0 Å². The van der Waals surface area contributed by atoms with Gasteiger partial charge in [0.15, 0.2) is 5.54 Å². The zero-order valence-corrected chi connectivity index (χ0v) is 17.8. The number of methoxy groups -OCH3 is 1. The average Bonchev–Trinajstić information content (AvgIpc) is 3.24. The van der Waals surface area contributed by atoms with Crippen LogP contribution in [0.2, 0.25) is 5.02 Å². The van der Waals surface area contributed by atoms with Crippen LogP contribution in [0.4, 0.5) is 5.69 Å². The molecule has 2 heterocycles. The highest BCUT2D eigenvalue weighted by atomic mass is 35.5. The topological polar surface area (TPSA) is 82.1 Å². The predicted octanol–water partition coefficient (Wildman–Crippen LogP) is 2.07. The molecule has 1 saturated heterocycles. The number of hydrogen-bond donors (Lipinski definition) is 2. The summed E-state index contributed by atoms with van der Waals surface area (Å²) in [7, 11) is 4.88. The normalized spacial score (nSPS) is 25.7. The number of carbonyl (C=O) groups is 2. The summed E-state index contributed by atoms with van der Waals surface area (Å²) in [5.41, 5.74) is 0.472. The number of likely N-dealkylation sites (tertiary alicyclic amines) is 1. The minimum atomic E-state index is -1.37. The number of β-amino-alcohol motifs (C(OH)–C–C–N with tert-alkyl or cyclic N) is 1. The third-order valence-corrected chi connectivity index (χ3v) is 6.12. The van der Waals surface area contributed by atoms with E-state index in [-0.39, 0.29) is 24.8 Å². The number of likely N-dealkylation sites (N-methyl/N-ethyl adjacent to an activating group) is 1. The van der Waals surface area contributed by atoms with Crippen molar-refractivity contribution < 1.29 is 19.4 Å². The summed E-state index contributed by atoms with van der Waals surface area (Å²) in [4.78, 5) is 30.0. The lowest BCUT2D eigenvalue weighted by Gasteiger charge is -2.41. The number of hydrogen-bond acceptors (Lipinski definition) is 5. The first-order valence-corrected chi connectivity index (χ1v) is 10.1. The van der Waals surface area contributed by atoms with E-state index in [4.69, 9.17) is 16.3 Å². The van der Waals surface area contributed by atoms with E-state index in [2.05, 4.69) is 5.32 Å². The van der Waals surface area contributed by atoms with E-state index in [1.165, 1.54) is 4.90 Å². The van der Waals surface area contributed by atoms with Crippen molar-refractivity contribution in [3.8, 4) is 5.75 Å². The number of aliphatic hydroxyl groups excluding tert-OH is 1. The van der Waals surface area contributed by atoms with E-state index >= 15 is 0 Å². The highest BCUT2D eigenvalue weighted by molar-refractivity contribution is 6.31. The van der Waals surface area contributed by atoms with Crippen molar-refractivity contribution in [2.75, 3.05) is 33.1 Å². The van der Waals surface area contributed by atoms with Gasteiger partial charge in [-0.1, -0.05) is 29.8 Å². The molecule has 2 aromatic rings. The molecule has 0 saturated carbocycles. The van der Waals surface area contributed by atoms with Gasteiger partial charge in [-0.3, -0.25) is 14.5 Å². The molecule has 4 rings (SSSR count). The van der Waals surface area contributed by atoms with E-state index < -0.39 is 17.7 Å². The second-order valence-corrected chi connectivity index (χ2v) is 8.28. The standard InChI is InChI=1S/C22H24ClN3O4/c1-25(2)20(28)18-11-14(27)12-26(18)22(15-6-4-5-7-19(15)30-3)16-10-13(23)8-9-17(16)24-21(22)29/h4-10,14,18,27H,11-12H2,1-3H3,(H,24,29)/t14-,18+,22+/m1/s1. The van der Waals surface area contributed by atoms with Crippen LogP contribution in [0, 0.1) is 0 Å². The van der Waals surface area contributed by atoms with Crippen molar-refractivity contribution in [2.45, 2.75) is 24.1 Å². The SMILES string of the molecule is COc1ccccc1[C@@]1(N2C[C@H](O)C[C@H]2C(=O)N(C)C)C(=O)Nc2ccc(Cl)cc21. The van der Waals surface area contributed by atoms with Crippen LogP contribution in [0.1, 0.15) is 17.5 Å². The lowest BCUT2D eigenvalue weighted by atomic mass is 9.80. The zero-order valence-electron chi connectivity index (χ0n) is 17.1. The number of halogens is 1. The summed E-state index contributed by atoms with van der Waals surface area (Å²) in [6, 6.07) is 11.8. The molecule has 3 atom stereocenters. The average molecular weight is 430 g/mol. The Morgan fingerprint density at radius 1 is 1.27 bits per heavy atom. The van der Waals surface area contributed by atoms with Crippen molar-refractivity contribution in [3.63, 3.8) is 0 Å². The monoisotopic (exact) mass is 429 g/mol. The molecule has 0 spiro atoms. The lowest BCUT2D eigenvalue weighted by Crippen LogP contribution is -2.57. The van der Waals surface area contributed by atoms with Gasteiger partial charge in [0.2, 0.25) is 5.91 Å². The van der Waals surface area contributed by atoms with Crippen LogP contribution in [-0.2, 0) is 15.1 Å². The quantitative estimate of drug-likeness (QED) is 0.777. The molecule has 2 amide bonds. The van der Waals surface area contributed by atoms with Gasteiger partial charge >= 0.3 is 0 Å². The van der Waals surface area contributed by atoms with Gasteiger partial charge in [-0.05, 0) is 30.7 Å². The molecule has 2 aromatic carbocycles. The molecule has 30 heavy (non-hydrogen) atoms. The van der Waals surface area contributed by atoms with Gasteiger partial charge in [0.1, 0.15) is 5.75 Å². The molecular formula is C22H24ClN3O4. The third-order valence-electron chi connectivity index (χ3n) is 5.88. The first-order valence-electron chi connectivity index (χ1n) is 9.71. The Morgan fingerprint density at radius 2 is 2.00 bits per heavy atom. The zero-order chi connectivity index (χ0) is 21.6. The van der Waals surface area contributed by atoms with Crippen LogP contribution < -0.4 is 10.1 Å². The fourth-order valence-electron chi connectivity index (χ4n) is 4.63. The molecule has 8 heteroatoms. The molecule has 7 nitrogen and oxygen atoms in total. The van der Waals surface area contributed by atoms with Crippen LogP contribution in [0.5, 0.6) is 5.75 Å². The molecule has 0 aliphatic carbocycles. The Hall–Kier alpha value is -2.61. The Kier molecular flexibility index (Phi) is 5.22. The van der Waals surface area contributed by atoms with Gasteiger partial charge in [-0.15, -0.1) is 0 Å². The lowest BCUT2D eigenvalue weighted by molar-refractivity contribution is -0.138. The summed E-state index contributed by atoms with van der Waals surface area (Å²) in [6.07, 6.45) is -0.515. The Balaban J connectivity index is 2.03. The number of anilines is 1. The second-order valence-electron chi connectivity index (χ2n) is 7.85. The molecule has 1 fully saturated rings. The van der Waals surface area contributed by atoms with Crippen LogP contribution in [0.3, 0.4) is 0 Å². The number of amides is 2. The maximum absolute atomic E-state index is 13.7. The highest BCUT2D eigenvalue weighted by Gasteiger charge is 2.59. The number of rotatable bonds is 4. The number of para-hydroxylation sites is 1. The number of ether oxygens (including phenoxy) is 1. The van der Waals surface area contributed by atoms with Crippen molar-refractivity contribution in [1.82, 2.24) is 9.80 Å². The highest BCUT2D eigenvalue weighted by Crippen LogP contribution is 2.51. The summed E-state index contributed by atoms with van der Waals surface area (Å²) >= 11 is 6.33. The second kappa shape index (κ2) is 7.58. The Bertz CT molecular complexity index is 1010. The van der Waals surface area contributed by atoms with Crippen LogP contribution >= 0.6 is 11.6 Å². The molecule has 0 aromatic heterocycles. The first kappa shape index (κ1) is 20.7. The molecule has 0 unspecified atom stereocenters. The number of benzene rings is 2. The summed E-state index contributed by atoms with van der Waals surface area (Å²) in [6.45, 7) is 0.154. The van der Waals surface area contributed by atoms with Crippen LogP contribution in [-0.4, -0.2) is 66.6 Å². The fourth-order valence-corrected chi connectivity index (χ4v) is 4.80. The van der Waals surface area contributed by atoms with Crippen molar-refractivity contribution in [1.29, 1.82) is 0 Å². The fraction of sp³-hybridized carbons (Fsp3) is 0.364. The largest absolute Gasteiger partial charge is 0.496 e. The summed E-state index contributed by atoms with van der Waals surface area (Å²) in [5, 5.41) is 14.0. The predicted molar refractivity (Wildman–Crippen MR) is 114 cm³/mol. The molecule has 158 valence electrons. The van der Waals surface area contributed by atoms with E-state index in [1.54, 1.807) is 50.4 Å². The van der Waals surface area contributed by atoms with Crippen LogP contribution in [0.15, 0.2) is 42.5 Å². The van der Waals surface area contributed by atoms with Crippen LogP contribution in [0.25, 0.3) is 0 Å². The summed E-state index contributed by atoms with van der Waals surface area (Å²) in [5.74, 6) is 0.0249. The maximum atomic E-state index is 13.7. The minimum absolute atomic E-state index is 0.154. The van der Waals surface area contributed by atoms with Crippen molar-refractivity contribution in [2.24, 2.45) is 0 Å². The minimum Gasteiger partial charge on any atom is -0.496 e. The molecule has 2 aliphatic rings. The van der Waals surface area contributed by atoms with Gasteiger partial charge in [0, 0.05) is 42.5 Å². The van der Waals surface area contributed by atoms with E-state index in [9.17, 15) is 14.7 Å². The van der Waals surface area contributed by atoms with E-state index in [0.29, 0.717) is 27.6 Å². The number of carbonyl (C=O) groups excluding carboxylic acids is 2. The molecular weight excluding hydrogens is 406 g/mol. The molecule has 2 N–H and O–H groups in total. The molecule has 0 bridgehead atoms. The number of aliphatic hydroxyl groups is 1. The Morgan fingerprint density at radius 3 is 2.70 bits per heavy atom. The van der Waals surface area contributed by atoms with Gasteiger partial charge in [0.25, 0.3) is 5.91 Å². The van der Waals surface area contributed by atoms with Crippen molar-refractivity contribution in [3.05, 3.63) is 58.6 Å². The van der Waals surface area contributed by atoms with Gasteiger partial charge in [-0.25, -0.2) is 0 Å². The molecule has 2 aliphatic heterocycles.